The summed E-state index contributed by atoms with van der Waals surface area (Å²) in [6.07, 6.45) is 0. The number of rotatable bonds is 7. The average molecular weight is 381 g/mol. The Kier molecular flexibility index (Phi) is 5.93. The molecular formula is C16H19N3O4S2. The molecular weight excluding hydrogens is 362 g/mol. The van der Waals surface area contributed by atoms with Crippen molar-refractivity contribution in [1.29, 1.82) is 0 Å². The molecule has 0 unspecified atom stereocenters. The third-order valence-electron chi connectivity index (χ3n) is 3.43. The largest absolute Gasteiger partial charge is 0.366 e. The molecule has 4 N–H and O–H groups in total. The molecule has 0 aliphatic carbocycles. The standard InChI is InChI=1S/C16H19N3O4S2/c1-10(2)14(19-25(22,23)13-4-3-9-24-13)16(21)18-12-7-5-11(6-8-12)15(17)20/h3-10,14,19H,1-2H3,(H2,17,20)(H,18,21)/t14-/m0/s1. The second-order valence-electron chi connectivity index (χ2n) is 5.71. The molecule has 1 heterocycles. The van der Waals surface area contributed by atoms with Crippen LogP contribution in [0.2, 0.25) is 0 Å². The van der Waals surface area contributed by atoms with Gasteiger partial charge in [-0.2, -0.15) is 4.72 Å². The molecule has 0 radical (unpaired) electrons. The number of anilines is 1. The number of carbonyl (C=O) groups excluding carboxylic acids is 2. The summed E-state index contributed by atoms with van der Waals surface area (Å²) < 4.78 is 27.3. The number of carbonyl (C=O) groups is 2. The summed E-state index contributed by atoms with van der Waals surface area (Å²) in [5, 5.41) is 4.29. The van der Waals surface area contributed by atoms with Crippen molar-refractivity contribution in [3.05, 3.63) is 47.3 Å². The van der Waals surface area contributed by atoms with Crippen molar-refractivity contribution in [3.8, 4) is 0 Å². The first-order valence-electron chi connectivity index (χ1n) is 7.47. The Labute approximate surface area is 150 Å². The number of primary amides is 1. The third kappa shape index (κ3) is 4.88. The van der Waals surface area contributed by atoms with Gasteiger partial charge in [-0.1, -0.05) is 19.9 Å². The van der Waals surface area contributed by atoms with Crippen molar-refractivity contribution >= 4 is 38.9 Å². The van der Waals surface area contributed by atoms with Crippen LogP contribution in [0.5, 0.6) is 0 Å². The van der Waals surface area contributed by atoms with Gasteiger partial charge in [0.25, 0.3) is 10.0 Å². The molecule has 0 spiro atoms. The lowest BCUT2D eigenvalue weighted by Crippen LogP contribution is -2.46. The SMILES string of the molecule is CC(C)[C@H](NS(=O)(=O)c1cccs1)C(=O)Nc1ccc(C(N)=O)cc1. The summed E-state index contributed by atoms with van der Waals surface area (Å²) in [7, 11) is -3.77. The highest BCUT2D eigenvalue weighted by molar-refractivity contribution is 7.91. The lowest BCUT2D eigenvalue weighted by atomic mass is 10.0. The predicted octanol–water partition coefficient (Wildman–Crippen LogP) is 1.79. The van der Waals surface area contributed by atoms with E-state index in [1.165, 1.54) is 30.3 Å². The number of hydrogen-bond donors (Lipinski definition) is 3. The van der Waals surface area contributed by atoms with E-state index in [0.717, 1.165) is 11.3 Å². The molecule has 9 heteroatoms. The van der Waals surface area contributed by atoms with Gasteiger partial charge in [0.05, 0.1) is 0 Å². The smallest absolute Gasteiger partial charge is 0.250 e. The van der Waals surface area contributed by atoms with Gasteiger partial charge >= 0.3 is 0 Å². The van der Waals surface area contributed by atoms with Crippen molar-refractivity contribution < 1.29 is 18.0 Å². The average Bonchev–Trinajstić information content (AvgIpc) is 3.08. The monoisotopic (exact) mass is 381 g/mol. The Bertz CT molecular complexity index is 844. The topological polar surface area (TPSA) is 118 Å². The molecule has 7 nitrogen and oxygen atoms in total. The summed E-state index contributed by atoms with van der Waals surface area (Å²) in [5.74, 6) is -1.32. The highest BCUT2D eigenvalue weighted by Gasteiger charge is 2.28. The number of hydrogen-bond acceptors (Lipinski definition) is 5. The zero-order valence-corrected chi connectivity index (χ0v) is 15.4. The third-order valence-corrected chi connectivity index (χ3v) is 6.27. The van der Waals surface area contributed by atoms with Crippen molar-refractivity contribution in [3.63, 3.8) is 0 Å². The maximum atomic E-state index is 12.5. The molecule has 0 fully saturated rings. The van der Waals surface area contributed by atoms with E-state index in [1.54, 1.807) is 25.3 Å². The van der Waals surface area contributed by atoms with Crippen LogP contribution < -0.4 is 15.8 Å². The normalized spacial score (nSPS) is 12.8. The highest BCUT2D eigenvalue weighted by atomic mass is 32.2. The number of thiophene rings is 1. The molecule has 134 valence electrons. The molecule has 25 heavy (non-hydrogen) atoms. The minimum absolute atomic E-state index is 0.150. The van der Waals surface area contributed by atoms with E-state index in [9.17, 15) is 18.0 Å². The molecule has 1 atom stereocenters. The van der Waals surface area contributed by atoms with Crippen LogP contribution in [0.15, 0.2) is 46.0 Å². The van der Waals surface area contributed by atoms with E-state index in [0.29, 0.717) is 11.3 Å². The summed E-state index contributed by atoms with van der Waals surface area (Å²) >= 11 is 1.08. The maximum Gasteiger partial charge on any atom is 0.250 e. The fourth-order valence-corrected chi connectivity index (χ4v) is 4.43. The van der Waals surface area contributed by atoms with E-state index < -0.39 is 27.9 Å². The minimum Gasteiger partial charge on any atom is -0.366 e. The van der Waals surface area contributed by atoms with E-state index in [1.807, 2.05) is 0 Å². The molecule has 1 aromatic heterocycles. The zero-order valence-electron chi connectivity index (χ0n) is 13.7. The van der Waals surface area contributed by atoms with Gasteiger partial charge in [0, 0.05) is 11.3 Å². The molecule has 0 aliphatic heterocycles. The zero-order chi connectivity index (χ0) is 18.6. The Morgan fingerprint density at radius 2 is 1.76 bits per heavy atom. The second-order valence-corrected chi connectivity index (χ2v) is 8.59. The van der Waals surface area contributed by atoms with Crippen molar-refractivity contribution in [2.24, 2.45) is 11.7 Å². The summed E-state index contributed by atoms with van der Waals surface area (Å²) in [4.78, 5) is 23.6. The molecule has 2 aromatic rings. The molecule has 2 amide bonds. The molecule has 2 rings (SSSR count). The van der Waals surface area contributed by atoms with Crippen molar-refractivity contribution in [1.82, 2.24) is 4.72 Å². The minimum atomic E-state index is -3.77. The van der Waals surface area contributed by atoms with E-state index in [4.69, 9.17) is 5.73 Å². The van der Waals surface area contributed by atoms with E-state index in [-0.39, 0.29) is 10.1 Å². The molecule has 1 aromatic carbocycles. The highest BCUT2D eigenvalue weighted by Crippen LogP contribution is 2.18. The van der Waals surface area contributed by atoms with Gasteiger partial charge in [-0.25, -0.2) is 8.42 Å². The number of sulfonamides is 1. The van der Waals surface area contributed by atoms with Crippen LogP contribution in [-0.4, -0.2) is 26.3 Å². The fourth-order valence-electron chi connectivity index (χ4n) is 2.07. The number of nitrogens with one attached hydrogen (secondary N) is 2. The summed E-state index contributed by atoms with van der Waals surface area (Å²) in [5.41, 5.74) is 5.92. The van der Waals surface area contributed by atoms with Gasteiger partial charge in [-0.15, -0.1) is 11.3 Å². The lowest BCUT2D eigenvalue weighted by Gasteiger charge is -2.21. The van der Waals surface area contributed by atoms with Gasteiger partial charge in [-0.05, 0) is 41.6 Å². The Morgan fingerprint density at radius 1 is 1.12 bits per heavy atom. The van der Waals surface area contributed by atoms with Gasteiger partial charge in [0.15, 0.2) is 0 Å². The molecule has 0 bridgehead atoms. The first kappa shape index (κ1) is 19.1. The second kappa shape index (κ2) is 7.77. The quantitative estimate of drug-likeness (QED) is 0.677. The predicted molar refractivity (Wildman–Crippen MR) is 96.9 cm³/mol. The van der Waals surface area contributed by atoms with Crippen LogP contribution in [0.3, 0.4) is 0 Å². The molecule has 0 saturated carbocycles. The van der Waals surface area contributed by atoms with Gasteiger partial charge in [0.2, 0.25) is 11.8 Å². The van der Waals surface area contributed by atoms with Gasteiger partial charge < -0.3 is 11.1 Å². The van der Waals surface area contributed by atoms with Crippen LogP contribution >= 0.6 is 11.3 Å². The van der Waals surface area contributed by atoms with Crippen LogP contribution in [0, 0.1) is 5.92 Å². The summed E-state index contributed by atoms with van der Waals surface area (Å²) in [6.45, 7) is 3.49. The van der Waals surface area contributed by atoms with Crippen LogP contribution in [0.1, 0.15) is 24.2 Å². The lowest BCUT2D eigenvalue weighted by molar-refractivity contribution is -0.118. The summed E-state index contributed by atoms with van der Waals surface area (Å²) in [6, 6.07) is 8.19. The number of nitrogens with two attached hydrogens (primary N) is 1. The molecule has 0 aliphatic rings. The van der Waals surface area contributed by atoms with Crippen LogP contribution in [0.25, 0.3) is 0 Å². The first-order valence-corrected chi connectivity index (χ1v) is 9.83. The van der Waals surface area contributed by atoms with E-state index in [2.05, 4.69) is 10.0 Å². The number of amides is 2. The Balaban J connectivity index is 2.14. The Morgan fingerprint density at radius 3 is 2.24 bits per heavy atom. The van der Waals surface area contributed by atoms with Gasteiger partial charge in [-0.3, -0.25) is 9.59 Å². The first-order chi connectivity index (χ1) is 11.7. The van der Waals surface area contributed by atoms with Gasteiger partial charge in [0.1, 0.15) is 10.3 Å². The Hall–Kier alpha value is -2.23. The van der Waals surface area contributed by atoms with Crippen LogP contribution in [0.4, 0.5) is 5.69 Å². The van der Waals surface area contributed by atoms with Crippen molar-refractivity contribution in [2.45, 2.75) is 24.1 Å². The number of benzene rings is 1. The fraction of sp³-hybridized carbons (Fsp3) is 0.250. The molecule has 0 saturated heterocycles. The van der Waals surface area contributed by atoms with Crippen LogP contribution in [-0.2, 0) is 14.8 Å². The van der Waals surface area contributed by atoms with Crippen molar-refractivity contribution in [2.75, 3.05) is 5.32 Å². The maximum absolute atomic E-state index is 12.5. The van der Waals surface area contributed by atoms with E-state index >= 15 is 0 Å².